The molecule has 0 saturated carbocycles. The van der Waals surface area contributed by atoms with E-state index in [4.69, 9.17) is 9.47 Å². The van der Waals surface area contributed by atoms with E-state index in [1.165, 1.54) is 0 Å². The second kappa shape index (κ2) is 6.13. The van der Waals surface area contributed by atoms with Crippen LogP contribution in [0.2, 0.25) is 0 Å². The van der Waals surface area contributed by atoms with Gasteiger partial charge in [-0.15, -0.1) is 6.58 Å². The first kappa shape index (κ1) is 10.7. The Labute approximate surface area is 80.3 Å². The van der Waals surface area contributed by atoms with Crippen molar-refractivity contribution in [1.82, 2.24) is 4.90 Å². The fourth-order valence-corrected chi connectivity index (χ4v) is 1.43. The first-order chi connectivity index (χ1) is 6.33. The molecule has 0 N–H and O–H groups in total. The van der Waals surface area contributed by atoms with Gasteiger partial charge in [0, 0.05) is 19.6 Å². The van der Waals surface area contributed by atoms with Gasteiger partial charge >= 0.3 is 0 Å². The van der Waals surface area contributed by atoms with Gasteiger partial charge in [-0.3, -0.25) is 4.90 Å². The summed E-state index contributed by atoms with van der Waals surface area (Å²) < 4.78 is 10.8. The van der Waals surface area contributed by atoms with E-state index >= 15 is 0 Å². The van der Waals surface area contributed by atoms with Crippen LogP contribution in [0.1, 0.15) is 6.92 Å². The molecular weight excluding hydrogens is 166 g/mol. The fourth-order valence-electron chi connectivity index (χ4n) is 1.43. The summed E-state index contributed by atoms with van der Waals surface area (Å²) in [5.74, 6) is 0. The van der Waals surface area contributed by atoms with Gasteiger partial charge in [-0.2, -0.15) is 0 Å². The molecule has 13 heavy (non-hydrogen) atoms. The number of hydrogen-bond acceptors (Lipinski definition) is 3. The third-order valence-electron chi connectivity index (χ3n) is 2.12. The summed E-state index contributed by atoms with van der Waals surface area (Å²) in [6, 6.07) is 0. The van der Waals surface area contributed by atoms with Crippen molar-refractivity contribution in [3.8, 4) is 0 Å². The Hall–Kier alpha value is -0.380. The van der Waals surface area contributed by atoms with Crippen LogP contribution in [0.4, 0.5) is 0 Å². The van der Waals surface area contributed by atoms with Crippen LogP contribution >= 0.6 is 0 Å². The molecule has 0 amide bonds. The average molecular weight is 185 g/mol. The van der Waals surface area contributed by atoms with Crippen LogP contribution in [0.15, 0.2) is 12.7 Å². The van der Waals surface area contributed by atoms with Crippen LogP contribution in [-0.2, 0) is 9.47 Å². The number of morpholine rings is 1. The molecule has 1 atom stereocenters. The molecule has 3 nitrogen and oxygen atoms in total. The van der Waals surface area contributed by atoms with Gasteiger partial charge in [0.2, 0.25) is 0 Å². The number of rotatable bonds is 5. The third-order valence-corrected chi connectivity index (χ3v) is 2.12. The maximum atomic E-state index is 5.49. The van der Waals surface area contributed by atoms with E-state index in [-0.39, 0.29) is 6.10 Å². The SMILES string of the molecule is C=CCOC(C)CN1CCOCC1. The molecule has 0 bridgehead atoms. The molecule has 76 valence electrons. The highest BCUT2D eigenvalue weighted by Gasteiger charge is 2.13. The van der Waals surface area contributed by atoms with Crippen molar-refractivity contribution in [3.05, 3.63) is 12.7 Å². The smallest absolute Gasteiger partial charge is 0.0678 e. The van der Waals surface area contributed by atoms with E-state index in [2.05, 4.69) is 18.4 Å². The maximum absolute atomic E-state index is 5.49. The second-order valence-corrected chi connectivity index (χ2v) is 3.35. The van der Waals surface area contributed by atoms with Crippen LogP contribution in [0.25, 0.3) is 0 Å². The molecule has 1 rings (SSSR count). The Morgan fingerprint density at radius 3 is 2.85 bits per heavy atom. The van der Waals surface area contributed by atoms with Gasteiger partial charge in [-0.1, -0.05) is 6.08 Å². The summed E-state index contributed by atoms with van der Waals surface area (Å²) in [4.78, 5) is 2.37. The minimum absolute atomic E-state index is 0.288. The zero-order valence-electron chi connectivity index (χ0n) is 8.37. The zero-order valence-corrected chi connectivity index (χ0v) is 8.37. The zero-order chi connectivity index (χ0) is 9.52. The van der Waals surface area contributed by atoms with Crippen molar-refractivity contribution in [2.45, 2.75) is 13.0 Å². The first-order valence-electron chi connectivity index (χ1n) is 4.85. The molecule has 0 spiro atoms. The third kappa shape index (κ3) is 4.41. The van der Waals surface area contributed by atoms with Crippen molar-refractivity contribution in [2.75, 3.05) is 39.5 Å². The summed E-state index contributed by atoms with van der Waals surface area (Å²) in [6.45, 7) is 11.1. The van der Waals surface area contributed by atoms with E-state index < -0.39 is 0 Å². The van der Waals surface area contributed by atoms with E-state index in [1.54, 1.807) is 6.08 Å². The van der Waals surface area contributed by atoms with Gasteiger partial charge in [0.05, 0.1) is 25.9 Å². The van der Waals surface area contributed by atoms with Gasteiger partial charge in [0.25, 0.3) is 0 Å². The molecule has 1 aliphatic heterocycles. The normalized spacial score (nSPS) is 21.3. The lowest BCUT2D eigenvalue weighted by molar-refractivity contribution is 0.000903. The van der Waals surface area contributed by atoms with Crippen LogP contribution in [-0.4, -0.2) is 50.5 Å². The molecule has 1 fully saturated rings. The Morgan fingerprint density at radius 2 is 2.23 bits per heavy atom. The molecule has 0 aromatic rings. The number of hydrogen-bond donors (Lipinski definition) is 0. The van der Waals surface area contributed by atoms with Crippen LogP contribution < -0.4 is 0 Å². The van der Waals surface area contributed by atoms with E-state index in [9.17, 15) is 0 Å². The molecule has 1 unspecified atom stereocenters. The quantitative estimate of drug-likeness (QED) is 0.594. The molecule has 1 aliphatic rings. The van der Waals surface area contributed by atoms with E-state index in [0.29, 0.717) is 6.61 Å². The van der Waals surface area contributed by atoms with Crippen molar-refractivity contribution in [2.24, 2.45) is 0 Å². The predicted molar refractivity (Wildman–Crippen MR) is 52.9 cm³/mol. The predicted octanol–water partition coefficient (Wildman–Crippen LogP) is 0.910. The second-order valence-electron chi connectivity index (χ2n) is 3.35. The summed E-state index contributed by atoms with van der Waals surface area (Å²) in [6.07, 6.45) is 2.08. The summed E-state index contributed by atoms with van der Waals surface area (Å²) in [5.41, 5.74) is 0. The maximum Gasteiger partial charge on any atom is 0.0678 e. The molecule has 0 radical (unpaired) electrons. The molecular formula is C10H19NO2. The largest absolute Gasteiger partial charge is 0.379 e. The first-order valence-corrected chi connectivity index (χ1v) is 4.85. The van der Waals surface area contributed by atoms with Gasteiger partial charge in [-0.05, 0) is 6.92 Å². The minimum atomic E-state index is 0.288. The van der Waals surface area contributed by atoms with Crippen molar-refractivity contribution >= 4 is 0 Å². The van der Waals surface area contributed by atoms with Gasteiger partial charge in [0.15, 0.2) is 0 Å². The van der Waals surface area contributed by atoms with Crippen molar-refractivity contribution in [3.63, 3.8) is 0 Å². The molecule has 0 aliphatic carbocycles. The lowest BCUT2D eigenvalue weighted by Crippen LogP contribution is -2.40. The molecule has 1 saturated heterocycles. The molecule has 3 heteroatoms. The summed E-state index contributed by atoms with van der Waals surface area (Å²) in [7, 11) is 0. The van der Waals surface area contributed by atoms with Gasteiger partial charge in [-0.25, -0.2) is 0 Å². The Morgan fingerprint density at radius 1 is 1.54 bits per heavy atom. The highest BCUT2D eigenvalue weighted by Crippen LogP contribution is 2.00. The highest BCUT2D eigenvalue weighted by molar-refractivity contribution is 4.69. The average Bonchev–Trinajstić information content (AvgIpc) is 2.16. The van der Waals surface area contributed by atoms with Gasteiger partial charge < -0.3 is 9.47 Å². The van der Waals surface area contributed by atoms with Crippen LogP contribution in [0.5, 0.6) is 0 Å². The Balaban J connectivity index is 2.10. The van der Waals surface area contributed by atoms with E-state index in [0.717, 1.165) is 32.8 Å². The van der Waals surface area contributed by atoms with Crippen LogP contribution in [0.3, 0.4) is 0 Å². The molecule has 1 heterocycles. The Kier molecular flexibility index (Phi) is 5.05. The number of nitrogens with zero attached hydrogens (tertiary/aromatic N) is 1. The number of ether oxygens (including phenoxy) is 2. The van der Waals surface area contributed by atoms with E-state index in [1.807, 2.05) is 0 Å². The Bertz CT molecular complexity index is 144. The summed E-state index contributed by atoms with van der Waals surface area (Å²) >= 11 is 0. The van der Waals surface area contributed by atoms with Gasteiger partial charge in [0.1, 0.15) is 0 Å². The molecule has 0 aromatic heterocycles. The fraction of sp³-hybridized carbons (Fsp3) is 0.800. The van der Waals surface area contributed by atoms with Crippen LogP contribution in [0, 0.1) is 0 Å². The van der Waals surface area contributed by atoms with Crippen molar-refractivity contribution < 1.29 is 9.47 Å². The standard InChI is InChI=1S/C10H19NO2/c1-3-6-13-10(2)9-11-4-7-12-8-5-11/h3,10H,1,4-9H2,2H3. The minimum Gasteiger partial charge on any atom is -0.379 e. The topological polar surface area (TPSA) is 21.7 Å². The lowest BCUT2D eigenvalue weighted by Gasteiger charge is -2.28. The highest BCUT2D eigenvalue weighted by atomic mass is 16.5. The summed E-state index contributed by atoms with van der Waals surface area (Å²) in [5, 5.41) is 0. The van der Waals surface area contributed by atoms with Crippen molar-refractivity contribution in [1.29, 1.82) is 0 Å². The monoisotopic (exact) mass is 185 g/mol. The molecule has 0 aromatic carbocycles. The lowest BCUT2D eigenvalue weighted by atomic mass is 10.3.